The van der Waals surface area contributed by atoms with Gasteiger partial charge < -0.3 is 9.84 Å². The predicted octanol–water partition coefficient (Wildman–Crippen LogP) is -0.243. The fourth-order valence-electron chi connectivity index (χ4n) is 1.23. The Hall–Kier alpha value is -1.02. The van der Waals surface area contributed by atoms with Gasteiger partial charge in [-0.2, -0.15) is 0 Å². The van der Waals surface area contributed by atoms with Crippen molar-refractivity contribution in [2.24, 2.45) is 0 Å². The molecule has 0 aromatic carbocycles. The minimum Gasteiger partial charge on any atom is -0.391 e. The van der Waals surface area contributed by atoms with Gasteiger partial charge in [0.2, 0.25) is 10.0 Å². The van der Waals surface area contributed by atoms with Gasteiger partial charge in [0.1, 0.15) is 4.90 Å². The highest BCUT2D eigenvalue weighted by atomic mass is 32.2. The second-order valence-electron chi connectivity index (χ2n) is 3.48. The molecule has 0 saturated heterocycles. The topological polar surface area (TPSA) is 88.5 Å². The minimum atomic E-state index is -3.54. The third kappa shape index (κ3) is 4.78. The van der Waals surface area contributed by atoms with Crippen molar-refractivity contribution in [3.8, 4) is 0 Å². The maximum atomic E-state index is 11.7. The number of nitrogens with one attached hydrogen (secondary N) is 1. The molecule has 0 aliphatic heterocycles. The van der Waals surface area contributed by atoms with Crippen LogP contribution in [0.3, 0.4) is 0 Å². The zero-order valence-electron chi connectivity index (χ0n) is 9.54. The largest absolute Gasteiger partial charge is 0.391 e. The van der Waals surface area contributed by atoms with Crippen LogP contribution in [0.1, 0.15) is 6.42 Å². The average Bonchev–Trinajstić information content (AvgIpc) is 2.30. The first-order valence-electron chi connectivity index (χ1n) is 5.13. The standard InChI is InChI=1S/C10H16N2O4S/c1-16-8-9(13)4-6-12-17(14,15)10-3-2-5-11-7-10/h2-3,5,7,9,12-13H,4,6,8H2,1H3. The Morgan fingerprint density at radius 1 is 1.59 bits per heavy atom. The normalized spacial score (nSPS) is 13.5. The molecule has 0 amide bonds. The van der Waals surface area contributed by atoms with Gasteiger partial charge in [-0.3, -0.25) is 4.98 Å². The molecule has 0 bridgehead atoms. The Morgan fingerprint density at radius 3 is 2.94 bits per heavy atom. The number of hydrogen-bond donors (Lipinski definition) is 2. The molecule has 17 heavy (non-hydrogen) atoms. The van der Waals surface area contributed by atoms with Crippen LogP contribution in [0.2, 0.25) is 0 Å². The first kappa shape index (κ1) is 14.0. The monoisotopic (exact) mass is 260 g/mol. The second kappa shape index (κ2) is 6.65. The molecule has 0 aliphatic carbocycles. The molecule has 1 atom stereocenters. The summed E-state index contributed by atoms with van der Waals surface area (Å²) in [6.07, 6.45) is 2.40. The van der Waals surface area contributed by atoms with Crippen LogP contribution in [0.5, 0.6) is 0 Å². The van der Waals surface area contributed by atoms with Crippen molar-refractivity contribution < 1.29 is 18.3 Å². The number of aliphatic hydroxyl groups excluding tert-OH is 1. The number of hydrogen-bond acceptors (Lipinski definition) is 5. The van der Waals surface area contributed by atoms with Crippen molar-refractivity contribution in [1.29, 1.82) is 0 Å². The molecule has 0 spiro atoms. The number of methoxy groups -OCH3 is 1. The summed E-state index contributed by atoms with van der Waals surface area (Å²) in [5, 5.41) is 9.34. The molecule has 1 rings (SSSR count). The average molecular weight is 260 g/mol. The molecule has 0 radical (unpaired) electrons. The smallest absolute Gasteiger partial charge is 0.242 e. The highest BCUT2D eigenvalue weighted by Crippen LogP contribution is 2.05. The van der Waals surface area contributed by atoms with Crippen LogP contribution < -0.4 is 4.72 Å². The summed E-state index contributed by atoms with van der Waals surface area (Å²) >= 11 is 0. The fourth-order valence-corrected chi connectivity index (χ4v) is 2.24. The van der Waals surface area contributed by atoms with Crippen LogP contribution >= 0.6 is 0 Å². The molecule has 0 saturated carbocycles. The van der Waals surface area contributed by atoms with E-state index >= 15 is 0 Å². The molecule has 1 unspecified atom stereocenters. The summed E-state index contributed by atoms with van der Waals surface area (Å²) in [6.45, 7) is 0.344. The third-order valence-electron chi connectivity index (χ3n) is 2.07. The van der Waals surface area contributed by atoms with E-state index < -0.39 is 16.1 Å². The van der Waals surface area contributed by atoms with Crippen LogP contribution in [0.4, 0.5) is 0 Å². The molecule has 6 nitrogen and oxygen atoms in total. The SMILES string of the molecule is COCC(O)CCNS(=O)(=O)c1cccnc1. The van der Waals surface area contributed by atoms with Crippen molar-refractivity contribution in [2.45, 2.75) is 17.4 Å². The van der Waals surface area contributed by atoms with Crippen molar-refractivity contribution in [2.75, 3.05) is 20.3 Å². The molecule has 0 aliphatic rings. The molecule has 96 valence electrons. The Labute approximate surface area is 101 Å². The quantitative estimate of drug-likeness (QED) is 0.706. The van der Waals surface area contributed by atoms with Gasteiger partial charge in [-0.05, 0) is 18.6 Å². The van der Waals surface area contributed by atoms with E-state index in [0.717, 1.165) is 0 Å². The van der Waals surface area contributed by atoms with Crippen LogP contribution in [0, 0.1) is 0 Å². The zero-order valence-corrected chi connectivity index (χ0v) is 10.4. The number of pyridine rings is 1. The maximum Gasteiger partial charge on any atom is 0.242 e. The van der Waals surface area contributed by atoms with Gasteiger partial charge in [0.05, 0.1) is 12.7 Å². The zero-order chi connectivity index (χ0) is 12.7. The lowest BCUT2D eigenvalue weighted by Gasteiger charge is -2.10. The number of ether oxygens (including phenoxy) is 1. The summed E-state index contributed by atoms with van der Waals surface area (Å²) < 4.78 is 30.5. The van der Waals surface area contributed by atoms with Crippen molar-refractivity contribution in [1.82, 2.24) is 9.71 Å². The summed E-state index contributed by atoms with van der Waals surface area (Å²) in [7, 11) is -2.06. The van der Waals surface area contributed by atoms with Crippen molar-refractivity contribution in [3.05, 3.63) is 24.5 Å². The lowest BCUT2D eigenvalue weighted by Crippen LogP contribution is -2.28. The summed E-state index contributed by atoms with van der Waals surface area (Å²) in [5.41, 5.74) is 0. The highest BCUT2D eigenvalue weighted by molar-refractivity contribution is 7.89. The number of sulfonamides is 1. The Bertz CT molecular complexity index is 421. The van der Waals surface area contributed by atoms with E-state index in [4.69, 9.17) is 4.74 Å². The van der Waals surface area contributed by atoms with Crippen molar-refractivity contribution in [3.63, 3.8) is 0 Å². The predicted molar refractivity (Wildman–Crippen MR) is 61.9 cm³/mol. The number of aromatic nitrogens is 1. The number of rotatable bonds is 7. The van der Waals surface area contributed by atoms with Gasteiger partial charge >= 0.3 is 0 Å². The summed E-state index contributed by atoms with van der Waals surface area (Å²) in [5.74, 6) is 0. The first-order chi connectivity index (χ1) is 8.06. The molecule has 1 aromatic rings. The van der Waals surface area contributed by atoms with E-state index in [1.54, 1.807) is 6.07 Å². The lowest BCUT2D eigenvalue weighted by atomic mass is 10.3. The van der Waals surface area contributed by atoms with Gasteiger partial charge in [0.15, 0.2) is 0 Å². The van der Waals surface area contributed by atoms with E-state index in [9.17, 15) is 13.5 Å². The molecule has 1 aromatic heterocycles. The highest BCUT2D eigenvalue weighted by Gasteiger charge is 2.13. The molecule has 2 N–H and O–H groups in total. The number of nitrogens with zero attached hydrogens (tertiary/aromatic N) is 1. The Balaban J connectivity index is 2.46. The Kier molecular flexibility index (Phi) is 5.49. The van der Waals surface area contributed by atoms with Crippen LogP contribution in [-0.2, 0) is 14.8 Å². The lowest BCUT2D eigenvalue weighted by molar-refractivity contribution is 0.0603. The minimum absolute atomic E-state index is 0.112. The third-order valence-corrected chi connectivity index (χ3v) is 3.52. The first-order valence-corrected chi connectivity index (χ1v) is 6.61. The second-order valence-corrected chi connectivity index (χ2v) is 5.25. The molecule has 1 heterocycles. The van der Waals surface area contributed by atoms with E-state index in [1.807, 2.05) is 0 Å². The Morgan fingerprint density at radius 2 is 2.35 bits per heavy atom. The molecule has 7 heteroatoms. The van der Waals surface area contributed by atoms with E-state index in [1.165, 1.54) is 25.6 Å². The van der Waals surface area contributed by atoms with Crippen molar-refractivity contribution >= 4 is 10.0 Å². The van der Waals surface area contributed by atoms with Crippen LogP contribution in [0.15, 0.2) is 29.4 Å². The fraction of sp³-hybridized carbons (Fsp3) is 0.500. The van der Waals surface area contributed by atoms with Gasteiger partial charge in [0, 0.05) is 26.0 Å². The van der Waals surface area contributed by atoms with Gasteiger partial charge in [-0.1, -0.05) is 0 Å². The summed E-state index contributed by atoms with van der Waals surface area (Å²) in [6, 6.07) is 3.01. The van der Waals surface area contributed by atoms with Gasteiger partial charge in [0.25, 0.3) is 0 Å². The molecule has 0 fully saturated rings. The molecular weight excluding hydrogens is 244 g/mol. The molecular formula is C10H16N2O4S. The summed E-state index contributed by atoms with van der Waals surface area (Å²) in [4.78, 5) is 3.85. The van der Waals surface area contributed by atoms with E-state index in [-0.39, 0.29) is 18.0 Å². The van der Waals surface area contributed by atoms with Gasteiger partial charge in [-0.25, -0.2) is 13.1 Å². The van der Waals surface area contributed by atoms with E-state index in [2.05, 4.69) is 9.71 Å². The number of aliphatic hydroxyl groups is 1. The van der Waals surface area contributed by atoms with Crippen LogP contribution in [-0.4, -0.2) is 44.9 Å². The maximum absolute atomic E-state index is 11.7. The van der Waals surface area contributed by atoms with Crippen LogP contribution in [0.25, 0.3) is 0 Å². The van der Waals surface area contributed by atoms with E-state index in [0.29, 0.717) is 6.42 Å². The van der Waals surface area contributed by atoms with Gasteiger partial charge in [-0.15, -0.1) is 0 Å².